The zero-order valence-electron chi connectivity index (χ0n) is 8.98. The molecule has 98 valence electrons. The third-order valence-corrected chi connectivity index (χ3v) is 4.48. The Hall–Kier alpha value is -0.0400. The monoisotopic (exact) mass is 318 g/mol. The summed E-state index contributed by atoms with van der Waals surface area (Å²) in [6, 6.07) is 4.07. The van der Waals surface area contributed by atoms with E-state index in [1.54, 1.807) is 6.92 Å². The third-order valence-electron chi connectivity index (χ3n) is 1.92. The van der Waals surface area contributed by atoms with Gasteiger partial charge in [-0.05, 0) is 19.1 Å². The predicted molar refractivity (Wildman–Crippen MR) is 72.5 cm³/mol. The first-order chi connectivity index (χ1) is 7.38. The molecule has 0 heterocycles. The Kier molecular flexibility index (Phi) is 6.76. The molecule has 0 bridgehead atoms. The average molecular weight is 320 g/mol. The molecule has 0 spiro atoms. The molecular weight excluding hydrogens is 307 g/mol. The van der Waals surface area contributed by atoms with E-state index in [2.05, 4.69) is 4.72 Å². The van der Waals surface area contributed by atoms with Gasteiger partial charge in [0.1, 0.15) is 4.90 Å². The summed E-state index contributed by atoms with van der Waals surface area (Å²) < 4.78 is 26.1. The highest BCUT2D eigenvalue weighted by molar-refractivity contribution is 7.89. The van der Waals surface area contributed by atoms with Gasteiger partial charge >= 0.3 is 0 Å². The second kappa shape index (κ2) is 6.78. The Labute approximate surface area is 117 Å². The summed E-state index contributed by atoms with van der Waals surface area (Å²) in [7, 11) is -3.67. The zero-order valence-corrected chi connectivity index (χ0v) is 12.1. The van der Waals surface area contributed by atoms with Crippen molar-refractivity contribution < 1.29 is 8.42 Å². The van der Waals surface area contributed by atoms with Gasteiger partial charge in [0, 0.05) is 12.6 Å². The van der Waals surface area contributed by atoms with E-state index in [1.165, 1.54) is 18.2 Å². The van der Waals surface area contributed by atoms with Crippen molar-refractivity contribution in [1.82, 2.24) is 4.72 Å². The second-order valence-electron chi connectivity index (χ2n) is 3.31. The molecule has 0 saturated carbocycles. The van der Waals surface area contributed by atoms with Gasteiger partial charge in [-0.25, -0.2) is 13.1 Å². The summed E-state index contributed by atoms with van der Waals surface area (Å²) >= 11 is 11.6. The van der Waals surface area contributed by atoms with E-state index < -0.39 is 10.0 Å². The van der Waals surface area contributed by atoms with Crippen LogP contribution >= 0.6 is 35.6 Å². The molecule has 4 nitrogen and oxygen atoms in total. The Morgan fingerprint density at radius 2 is 2.00 bits per heavy atom. The molecule has 0 aromatic heterocycles. The number of hydrogen-bond donors (Lipinski definition) is 2. The van der Waals surface area contributed by atoms with Gasteiger partial charge in [-0.15, -0.1) is 12.4 Å². The largest absolute Gasteiger partial charge is 0.329 e. The first-order valence-corrected chi connectivity index (χ1v) is 6.79. The van der Waals surface area contributed by atoms with Gasteiger partial charge in [-0.2, -0.15) is 0 Å². The molecule has 1 rings (SSSR count). The van der Waals surface area contributed by atoms with Crippen molar-refractivity contribution in [2.45, 2.75) is 17.9 Å². The molecule has 0 aliphatic carbocycles. The van der Waals surface area contributed by atoms with Gasteiger partial charge in [0.2, 0.25) is 10.0 Å². The molecule has 1 aromatic carbocycles. The van der Waals surface area contributed by atoms with Crippen LogP contribution in [0.15, 0.2) is 23.1 Å². The Morgan fingerprint density at radius 1 is 1.41 bits per heavy atom. The van der Waals surface area contributed by atoms with Gasteiger partial charge in [0.25, 0.3) is 0 Å². The minimum absolute atomic E-state index is 0. The van der Waals surface area contributed by atoms with Crippen LogP contribution < -0.4 is 10.5 Å². The van der Waals surface area contributed by atoms with Crippen LogP contribution in [0, 0.1) is 0 Å². The van der Waals surface area contributed by atoms with Crippen molar-refractivity contribution in [3.05, 3.63) is 28.2 Å². The van der Waals surface area contributed by atoms with Crippen molar-refractivity contribution in [1.29, 1.82) is 0 Å². The van der Waals surface area contributed by atoms with E-state index in [0.29, 0.717) is 0 Å². The number of hydrogen-bond acceptors (Lipinski definition) is 3. The molecule has 0 radical (unpaired) electrons. The van der Waals surface area contributed by atoms with Gasteiger partial charge in [0.05, 0.1) is 10.0 Å². The summed E-state index contributed by atoms with van der Waals surface area (Å²) in [4.78, 5) is -0.0398. The van der Waals surface area contributed by atoms with Crippen molar-refractivity contribution in [2.24, 2.45) is 5.73 Å². The highest BCUT2D eigenvalue weighted by atomic mass is 35.5. The molecular formula is C9H13Cl3N2O2S. The molecule has 3 N–H and O–H groups in total. The fraction of sp³-hybridized carbons (Fsp3) is 0.333. The highest BCUT2D eigenvalue weighted by Gasteiger charge is 2.20. The van der Waals surface area contributed by atoms with Crippen LogP contribution in [0.5, 0.6) is 0 Å². The zero-order chi connectivity index (χ0) is 12.3. The van der Waals surface area contributed by atoms with Crippen molar-refractivity contribution >= 4 is 45.6 Å². The summed E-state index contributed by atoms with van der Waals surface area (Å²) in [5.41, 5.74) is 5.34. The smallest absolute Gasteiger partial charge is 0.242 e. The third kappa shape index (κ3) is 4.28. The number of halogens is 3. The number of nitrogens with one attached hydrogen (secondary N) is 1. The Bertz CT molecular complexity index is 479. The molecule has 0 amide bonds. The van der Waals surface area contributed by atoms with E-state index in [0.717, 1.165) is 0 Å². The van der Waals surface area contributed by atoms with Crippen molar-refractivity contribution in [3.8, 4) is 0 Å². The van der Waals surface area contributed by atoms with E-state index in [9.17, 15) is 8.42 Å². The van der Waals surface area contributed by atoms with Crippen molar-refractivity contribution in [2.75, 3.05) is 6.54 Å². The second-order valence-corrected chi connectivity index (χ2v) is 5.78. The maximum atomic E-state index is 11.9. The van der Waals surface area contributed by atoms with Crippen molar-refractivity contribution in [3.63, 3.8) is 0 Å². The normalized spacial score (nSPS) is 12.9. The molecule has 1 aromatic rings. The molecule has 17 heavy (non-hydrogen) atoms. The lowest BCUT2D eigenvalue weighted by atomic mass is 10.4. The lowest BCUT2D eigenvalue weighted by Gasteiger charge is -2.13. The summed E-state index contributed by atoms with van der Waals surface area (Å²) in [6.45, 7) is 1.87. The molecule has 0 aliphatic rings. The van der Waals surface area contributed by atoms with Crippen LogP contribution in [-0.4, -0.2) is 21.0 Å². The first-order valence-electron chi connectivity index (χ1n) is 4.55. The highest BCUT2D eigenvalue weighted by Crippen LogP contribution is 2.28. The van der Waals surface area contributed by atoms with Crippen LogP contribution in [0.25, 0.3) is 0 Å². The number of sulfonamides is 1. The number of nitrogens with two attached hydrogens (primary N) is 1. The summed E-state index contributed by atoms with van der Waals surface area (Å²) in [5, 5.41) is 0.214. The summed E-state index contributed by atoms with van der Waals surface area (Å²) in [6.07, 6.45) is 0. The molecule has 0 fully saturated rings. The van der Waals surface area contributed by atoms with Gasteiger partial charge < -0.3 is 5.73 Å². The molecule has 0 aliphatic heterocycles. The number of benzene rings is 1. The average Bonchev–Trinajstić information content (AvgIpc) is 2.21. The van der Waals surface area contributed by atoms with Crippen LogP contribution in [0.2, 0.25) is 10.0 Å². The SMILES string of the molecule is C[C@@H](CN)NS(=O)(=O)c1cccc(Cl)c1Cl.Cl. The van der Waals surface area contributed by atoms with E-state index in [4.69, 9.17) is 28.9 Å². The minimum Gasteiger partial charge on any atom is -0.329 e. The standard InChI is InChI=1S/C9H12Cl2N2O2S.ClH/c1-6(5-12)13-16(14,15)8-4-2-3-7(10)9(8)11;/h2-4,6,13H,5,12H2,1H3;1H/t6-;/m0./s1. The Balaban J connectivity index is 0.00000256. The van der Waals surface area contributed by atoms with Gasteiger partial charge in [0.15, 0.2) is 0 Å². The van der Waals surface area contributed by atoms with Crippen LogP contribution in [0.3, 0.4) is 0 Å². The lowest BCUT2D eigenvalue weighted by molar-refractivity contribution is 0.563. The molecule has 8 heteroatoms. The summed E-state index contributed by atoms with van der Waals surface area (Å²) in [5.74, 6) is 0. The lowest BCUT2D eigenvalue weighted by Crippen LogP contribution is -2.37. The maximum Gasteiger partial charge on any atom is 0.242 e. The molecule has 0 saturated heterocycles. The maximum absolute atomic E-state index is 11.9. The van der Waals surface area contributed by atoms with Gasteiger partial charge in [-0.3, -0.25) is 0 Å². The molecule has 1 atom stereocenters. The predicted octanol–water partition coefficient (Wildman–Crippen LogP) is 2.04. The van der Waals surface area contributed by atoms with E-state index in [1.807, 2.05) is 0 Å². The minimum atomic E-state index is -3.67. The van der Waals surface area contributed by atoms with E-state index in [-0.39, 0.29) is 39.9 Å². The van der Waals surface area contributed by atoms with Gasteiger partial charge in [-0.1, -0.05) is 29.3 Å². The topological polar surface area (TPSA) is 72.2 Å². The Morgan fingerprint density at radius 3 is 2.53 bits per heavy atom. The number of rotatable bonds is 4. The quantitative estimate of drug-likeness (QED) is 0.892. The van der Waals surface area contributed by atoms with Crippen LogP contribution in [0.4, 0.5) is 0 Å². The first kappa shape index (κ1) is 17.0. The van der Waals surface area contributed by atoms with E-state index >= 15 is 0 Å². The van der Waals surface area contributed by atoms with Crippen LogP contribution in [-0.2, 0) is 10.0 Å². The fourth-order valence-electron chi connectivity index (χ4n) is 1.07. The molecule has 0 unspecified atom stereocenters. The van der Waals surface area contributed by atoms with Crippen LogP contribution in [0.1, 0.15) is 6.92 Å². The fourth-order valence-corrected chi connectivity index (χ4v) is 3.09.